The van der Waals surface area contributed by atoms with E-state index in [1.54, 1.807) is 0 Å². The van der Waals surface area contributed by atoms with Crippen molar-refractivity contribution >= 4 is 21.1 Å². The van der Waals surface area contributed by atoms with Crippen molar-refractivity contribution in [2.75, 3.05) is 11.4 Å². The first kappa shape index (κ1) is 21.2. The van der Waals surface area contributed by atoms with Gasteiger partial charge in [0.15, 0.2) is 0 Å². The van der Waals surface area contributed by atoms with Gasteiger partial charge in [-0.25, -0.2) is 9.78 Å². The molecule has 0 aliphatic carbocycles. The van der Waals surface area contributed by atoms with E-state index in [9.17, 15) is 13.6 Å². The number of anilines is 1. The quantitative estimate of drug-likeness (QED) is 0.614. The van der Waals surface area contributed by atoms with Gasteiger partial charge in [-0.05, 0) is 42.9 Å². The molecule has 7 heteroatoms. The molecule has 2 rings (SSSR count). The van der Waals surface area contributed by atoms with E-state index in [4.69, 9.17) is 5.73 Å². The van der Waals surface area contributed by atoms with Gasteiger partial charge in [-0.3, -0.25) is 4.90 Å². The Hall–Kier alpha value is -2.07. The van der Waals surface area contributed by atoms with E-state index in [1.807, 2.05) is 18.2 Å². The van der Waals surface area contributed by atoms with Crippen LogP contribution in [0.4, 0.5) is 19.4 Å². The van der Waals surface area contributed by atoms with E-state index in [0.717, 1.165) is 31.9 Å². The summed E-state index contributed by atoms with van der Waals surface area (Å²) in [5.74, 6) is 0.536. The molecule has 0 aliphatic heterocycles. The molecule has 2 aromatic rings. The lowest BCUT2D eigenvalue weighted by atomic mass is 9.94. The first-order valence-electron chi connectivity index (χ1n) is 9.05. The molecule has 4 nitrogen and oxygen atoms in total. The third-order valence-corrected chi connectivity index (χ3v) is 4.83. The maximum Gasteiger partial charge on any atom is 0.320 e. The Labute approximate surface area is 161 Å². The van der Waals surface area contributed by atoms with E-state index >= 15 is 0 Å². The number of carbonyl (C=O) groups excluding carboxylic acids is 1. The van der Waals surface area contributed by atoms with Gasteiger partial charge in [0.2, 0.25) is 0 Å². The number of nitrogens with zero attached hydrogens (tertiary/aromatic N) is 2. The van der Waals surface area contributed by atoms with Crippen molar-refractivity contribution in [1.82, 2.24) is 4.98 Å². The lowest BCUT2D eigenvalue weighted by molar-refractivity contribution is 0.103. The van der Waals surface area contributed by atoms with Crippen LogP contribution in [0.1, 0.15) is 37.3 Å². The first-order chi connectivity index (χ1) is 12.8. The molecule has 27 heavy (non-hydrogen) atoms. The van der Waals surface area contributed by atoms with Gasteiger partial charge < -0.3 is 5.73 Å². The topological polar surface area (TPSA) is 59.2 Å². The molecule has 2 atom stereocenters. The molecule has 0 spiro atoms. The van der Waals surface area contributed by atoms with Crippen molar-refractivity contribution in [1.29, 1.82) is 0 Å². The van der Waals surface area contributed by atoms with E-state index in [0.29, 0.717) is 12.4 Å². The number of rotatable bonds is 9. The Balaban J connectivity index is 2.10. The zero-order chi connectivity index (χ0) is 19.9. The summed E-state index contributed by atoms with van der Waals surface area (Å²) >= 11 is 0. The number of hydrogen-bond acceptors (Lipinski definition) is 2. The van der Waals surface area contributed by atoms with Crippen LogP contribution in [-0.4, -0.2) is 17.6 Å². The molecule has 146 valence electrons. The summed E-state index contributed by atoms with van der Waals surface area (Å²) in [5.41, 5.74) is 3.50. The number of halogens is 2. The van der Waals surface area contributed by atoms with Crippen molar-refractivity contribution in [3.63, 3.8) is 0 Å². The lowest BCUT2D eigenvalue weighted by Crippen LogP contribution is -2.40. The fourth-order valence-corrected chi connectivity index (χ4v) is 3.22. The van der Waals surface area contributed by atoms with Gasteiger partial charge in [0.1, 0.15) is 5.82 Å². The summed E-state index contributed by atoms with van der Waals surface area (Å²) in [6.07, 6.45) is 4.82. The third-order valence-electron chi connectivity index (χ3n) is 4.50. The predicted octanol–water partition coefficient (Wildman–Crippen LogP) is 4.94. The van der Waals surface area contributed by atoms with Crippen LogP contribution in [0.25, 0.3) is 0 Å². The van der Waals surface area contributed by atoms with E-state index in [2.05, 4.69) is 24.0 Å². The number of hydrogen-bond donors (Lipinski definition) is 1. The Morgan fingerprint density at radius 1 is 1.22 bits per heavy atom. The average molecular weight is 393 g/mol. The van der Waals surface area contributed by atoms with Crippen molar-refractivity contribution in [2.45, 2.75) is 38.3 Å². The SMILES string of the molecule is CCCC(CCc1ccccc1)CN(C(N)=O)c1ccc(C(F)(F)P)cn1. The van der Waals surface area contributed by atoms with Gasteiger partial charge in [-0.15, -0.1) is 0 Å². The maximum atomic E-state index is 13.3. The largest absolute Gasteiger partial charge is 0.351 e. The van der Waals surface area contributed by atoms with Crippen LogP contribution < -0.4 is 10.6 Å². The molecule has 0 saturated heterocycles. The minimum absolute atomic E-state index is 0.227. The number of primary amides is 1. The molecule has 0 fully saturated rings. The number of pyridine rings is 1. The molecule has 0 saturated carbocycles. The second kappa shape index (κ2) is 9.75. The Morgan fingerprint density at radius 2 is 1.93 bits per heavy atom. The smallest absolute Gasteiger partial charge is 0.320 e. The number of benzene rings is 1. The van der Waals surface area contributed by atoms with Gasteiger partial charge >= 0.3 is 6.03 Å². The minimum atomic E-state index is -3.05. The van der Waals surface area contributed by atoms with Crippen LogP contribution in [0, 0.1) is 5.92 Å². The highest BCUT2D eigenvalue weighted by Gasteiger charge is 2.26. The zero-order valence-corrected chi connectivity index (χ0v) is 16.6. The van der Waals surface area contributed by atoms with Gasteiger partial charge in [0.25, 0.3) is 5.66 Å². The molecular weight excluding hydrogens is 367 g/mol. The van der Waals surface area contributed by atoms with Crippen molar-refractivity contribution < 1.29 is 13.6 Å². The standard InChI is InChI=1S/C20H26F2N3OP/c1-2-6-16(10-9-15-7-4-3-5-8-15)14-25(19(23)26)18-12-11-17(13-24-18)20(21,22)27/h3-5,7-8,11-13,16H,2,6,9-10,14,27H2,1H3,(H2,23,26). The van der Waals surface area contributed by atoms with Crippen LogP contribution >= 0.6 is 9.24 Å². The monoisotopic (exact) mass is 393 g/mol. The highest BCUT2D eigenvalue weighted by atomic mass is 31.0. The molecule has 0 radical (unpaired) electrons. The van der Waals surface area contributed by atoms with Crippen LogP contribution in [-0.2, 0) is 12.1 Å². The number of carbonyl (C=O) groups is 1. The van der Waals surface area contributed by atoms with Crippen LogP contribution in [0.2, 0.25) is 0 Å². The maximum absolute atomic E-state index is 13.3. The van der Waals surface area contributed by atoms with E-state index in [1.165, 1.54) is 31.8 Å². The zero-order valence-electron chi connectivity index (χ0n) is 15.4. The molecule has 1 aromatic heterocycles. The number of amides is 2. The molecule has 1 heterocycles. The molecular formula is C20H26F2N3OP. The summed E-state index contributed by atoms with van der Waals surface area (Å²) in [7, 11) is 1.48. The number of aryl methyl sites for hydroxylation is 1. The summed E-state index contributed by atoms with van der Waals surface area (Å²) in [6, 6.07) is 12.2. The normalized spacial score (nSPS) is 12.6. The van der Waals surface area contributed by atoms with Crippen LogP contribution in [0.3, 0.4) is 0 Å². The number of alkyl halides is 2. The second-order valence-corrected chi connectivity index (χ2v) is 7.38. The average Bonchev–Trinajstić information content (AvgIpc) is 2.64. The fourth-order valence-electron chi connectivity index (χ4n) is 3.05. The highest BCUT2D eigenvalue weighted by molar-refractivity contribution is 7.17. The summed E-state index contributed by atoms with van der Waals surface area (Å²) in [5, 5.41) is 0. The van der Waals surface area contributed by atoms with Gasteiger partial charge in [0, 0.05) is 18.3 Å². The second-order valence-electron chi connectivity index (χ2n) is 6.66. The van der Waals surface area contributed by atoms with Crippen LogP contribution in [0.5, 0.6) is 0 Å². The van der Waals surface area contributed by atoms with Gasteiger partial charge in [-0.1, -0.05) is 52.9 Å². The van der Waals surface area contributed by atoms with Crippen molar-refractivity contribution in [3.05, 3.63) is 59.8 Å². The van der Waals surface area contributed by atoms with E-state index < -0.39 is 11.7 Å². The summed E-state index contributed by atoms with van der Waals surface area (Å²) in [4.78, 5) is 17.4. The minimum Gasteiger partial charge on any atom is -0.351 e. The Kier molecular flexibility index (Phi) is 7.66. The number of aromatic nitrogens is 1. The fraction of sp³-hybridized carbons (Fsp3) is 0.400. The van der Waals surface area contributed by atoms with Crippen molar-refractivity contribution in [2.24, 2.45) is 11.7 Å². The summed E-state index contributed by atoms with van der Waals surface area (Å²) < 4.78 is 26.7. The molecule has 0 bridgehead atoms. The molecule has 0 aliphatic rings. The predicted molar refractivity (Wildman–Crippen MR) is 108 cm³/mol. The molecule has 1 aromatic carbocycles. The number of urea groups is 1. The van der Waals surface area contributed by atoms with Gasteiger partial charge in [-0.2, -0.15) is 8.78 Å². The number of nitrogens with two attached hydrogens (primary N) is 1. The Bertz CT molecular complexity index is 720. The van der Waals surface area contributed by atoms with E-state index in [-0.39, 0.29) is 11.5 Å². The third kappa shape index (κ3) is 6.55. The lowest BCUT2D eigenvalue weighted by Gasteiger charge is -2.26. The molecule has 2 unspecified atom stereocenters. The molecule has 2 N–H and O–H groups in total. The first-order valence-corrected chi connectivity index (χ1v) is 9.63. The highest BCUT2D eigenvalue weighted by Crippen LogP contribution is 2.34. The summed E-state index contributed by atoms with van der Waals surface area (Å²) in [6.45, 7) is 2.51. The van der Waals surface area contributed by atoms with Gasteiger partial charge in [0.05, 0.1) is 0 Å². The van der Waals surface area contributed by atoms with Crippen molar-refractivity contribution in [3.8, 4) is 0 Å². The molecule has 2 amide bonds. The Morgan fingerprint density at radius 3 is 2.44 bits per heavy atom. The van der Waals surface area contributed by atoms with Crippen LogP contribution in [0.15, 0.2) is 48.7 Å².